The Hall–Kier alpha value is -3.48. The van der Waals surface area contributed by atoms with Gasteiger partial charge in [-0.2, -0.15) is 5.10 Å². The molecular formula is C23H21FN4O2. The molecule has 152 valence electrons. The first-order valence-electron chi connectivity index (χ1n) is 10.1. The minimum absolute atomic E-state index is 0.0989. The lowest BCUT2D eigenvalue weighted by Gasteiger charge is -2.25. The number of halogens is 1. The third-order valence-corrected chi connectivity index (χ3v) is 5.55. The summed E-state index contributed by atoms with van der Waals surface area (Å²) >= 11 is 0. The molecular weight excluding hydrogens is 383 g/mol. The lowest BCUT2D eigenvalue weighted by Crippen LogP contribution is -2.32. The van der Waals surface area contributed by atoms with Crippen LogP contribution in [0.3, 0.4) is 0 Å². The van der Waals surface area contributed by atoms with Crippen molar-refractivity contribution in [2.75, 3.05) is 0 Å². The molecule has 0 radical (unpaired) electrons. The molecule has 2 atom stereocenters. The molecule has 30 heavy (non-hydrogen) atoms. The predicted octanol–water partition coefficient (Wildman–Crippen LogP) is 4.82. The number of phenolic OH excluding ortho intramolecular Hbond substituents is 1. The van der Waals surface area contributed by atoms with Gasteiger partial charge < -0.3 is 9.84 Å². The number of aromatic hydroxyl groups is 1. The fourth-order valence-corrected chi connectivity index (χ4v) is 3.94. The van der Waals surface area contributed by atoms with Crippen molar-refractivity contribution in [2.24, 2.45) is 0 Å². The van der Waals surface area contributed by atoms with Crippen LogP contribution >= 0.6 is 0 Å². The lowest BCUT2D eigenvalue weighted by atomic mass is 9.96. The maximum atomic E-state index is 14.0. The first kappa shape index (κ1) is 18.5. The Balaban J connectivity index is 1.38. The number of nitrogens with zero attached hydrogens (tertiary/aromatic N) is 4. The van der Waals surface area contributed by atoms with E-state index in [1.54, 1.807) is 35.0 Å². The van der Waals surface area contributed by atoms with Crippen molar-refractivity contribution in [1.29, 1.82) is 0 Å². The van der Waals surface area contributed by atoms with Crippen molar-refractivity contribution in [2.45, 2.75) is 38.0 Å². The molecule has 1 aromatic carbocycles. The molecule has 5 rings (SSSR count). The van der Waals surface area contributed by atoms with Crippen molar-refractivity contribution in [3.05, 3.63) is 60.9 Å². The molecule has 6 nitrogen and oxygen atoms in total. The minimum Gasteiger partial charge on any atom is -0.507 e. The maximum Gasteiger partial charge on any atom is 0.233 e. The van der Waals surface area contributed by atoms with E-state index in [4.69, 9.17) is 4.74 Å². The van der Waals surface area contributed by atoms with Gasteiger partial charge in [-0.25, -0.2) is 8.91 Å². The lowest BCUT2D eigenvalue weighted by molar-refractivity contribution is 0.0594. The highest BCUT2D eigenvalue weighted by atomic mass is 19.1. The zero-order valence-electron chi connectivity index (χ0n) is 16.3. The summed E-state index contributed by atoms with van der Waals surface area (Å²) in [5, 5.41) is 23.2. The average Bonchev–Trinajstić information content (AvgIpc) is 3.20. The third kappa shape index (κ3) is 3.47. The Kier molecular flexibility index (Phi) is 4.78. The molecule has 4 aromatic rings. The van der Waals surface area contributed by atoms with Gasteiger partial charge in [0.2, 0.25) is 5.88 Å². The van der Waals surface area contributed by atoms with Crippen LogP contribution in [0.2, 0.25) is 0 Å². The van der Waals surface area contributed by atoms with Gasteiger partial charge in [-0.15, -0.1) is 10.2 Å². The SMILES string of the molecule is Oc1cc(-c2cnn3ccccc23)ccc1-c1ccc(O[C@@H]2CCCC[C@@H]2F)nn1. The molecule has 1 aliphatic rings. The van der Waals surface area contributed by atoms with Crippen LogP contribution in [-0.2, 0) is 0 Å². The van der Waals surface area contributed by atoms with E-state index < -0.39 is 12.3 Å². The van der Waals surface area contributed by atoms with Gasteiger partial charge in [0.05, 0.1) is 17.4 Å². The number of benzene rings is 1. The molecule has 0 unspecified atom stereocenters. The molecule has 1 N–H and O–H groups in total. The second-order valence-corrected chi connectivity index (χ2v) is 7.53. The molecule has 0 aliphatic heterocycles. The topological polar surface area (TPSA) is 72.5 Å². The molecule has 0 amide bonds. The van der Waals surface area contributed by atoms with E-state index in [1.165, 1.54) is 0 Å². The number of pyridine rings is 1. The monoisotopic (exact) mass is 404 g/mol. The summed E-state index contributed by atoms with van der Waals surface area (Å²) in [4.78, 5) is 0. The highest BCUT2D eigenvalue weighted by molar-refractivity contribution is 5.82. The van der Waals surface area contributed by atoms with E-state index in [2.05, 4.69) is 15.3 Å². The van der Waals surface area contributed by atoms with Crippen molar-refractivity contribution < 1.29 is 14.2 Å². The number of fused-ring (bicyclic) bond motifs is 1. The number of ether oxygens (including phenoxy) is 1. The van der Waals surface area contributed by atoms with E-state index in [0.717, 1.165) is 29.5 Å². The summed E-state index contributed by atoms with van der Waals surface area (Å²) in [5.41, 5.74) is 3.83. The van der Waals surface area contributed by atoms with Crippen molar-refractivity contribution in [3.63, 3.8) is 0 Å². The highest BCUT2D eigenvalue weighted by Gasteiger charge is 2.26. The summed E-state index contributed by atoms with van der Waals surface area (Å²) in [6.45, 7) is 0. The van der Waals surface area contributed by atoms with Crippen LogP contribution < -0.4 is 4.74 Å². The average molecular weight is 404 g/mol. The van der Waals surface area contributed by atoms with Gasteiger partial charge in [0.1, 0.15) is 18.0 Å². The van der Waals surface area contributed by atoms with E-state index in [1.807, 2.05) is 30.5 Å². The maximum absolute atomic E-state index is 14.0. The number of phenols is 1. The van der Waals surface area contributed by atoms with Crippen LogP contribution in [0, 0.1) is 0 Å². The van der Waals surface area contributed by atoms with Crippen LogP contribution in [0.15, 0.2) is 60.9 Å². The van der Waals surface area contributed by atoms with Crippen LogP contribution in [0.4, 0.5) is 4.39 Å². The first-order valence-corrected chi connectivity index (χ1v) is 10.1. The molecule has 1 saturated carbocycles. The first-order chi connectivity index (χ1) is 14.7. The number of hydrogen-bond acceptors (Lipinski definition) is 5. The predicted molar refractivity (Wildman–Crippen MR) is 111 cm³/mol. The van der Waals surface area contributed by atoms with Crippen molar-refractivity contribution in [3.8, 4) is 34.0 Å². The van der Waals surface area contributed by atoms with E-state index in [-0.39, 0.29) is 5.75 Å². The van der Waals surface area contributed by atoms with Gasteiger partial charge in [-0.1, -0.05) is 18.6 Å². The molecule has 3 heterocycles. The van der Waals surface area contributed by atoms with Crippen LogP contribution in [-0.4, -0.2) is 37.2 Å². The summed E-state index contributed by atoms with van der Waals surface area (Å²) < 4.78 is 21.4. The Morgan fingerprint density at radius 1 is 1.00 bits per heavy atom. The fraction of sp³-hybridized carbons (Fsp3) is 0.261. The quantitative estimate of drug-likeness (QED) is 0.528. The zero-order valence-corrected chi connectivity index (χ0v) is 16.3. The summed E-state index contributed by atoms with van der Waals surface area (Å²) in [6.07, 6.45) is 5.32. The number of alkyl halides is 1. The Morgan fingerprint density at radius 2 is 1.90 bits per heavy atom. The van der Waals surface area contributed by atoms with Crippen molar-refractivity contribution >= 4 is 5.52 Å². The molecule has 3 aromatic heterocycles. The van der Waals surface area contributed by atoms with E-state index >= 15 is 0 Å². The smallest absolute Gasteiger partial charge is 0.233 e. The molecule has 0 saturated heterocycles. The Labute approximate surface area is 173 Å². The second kappa shape index (κ2) is 7.74. The summed E-state index contributed by atoms with van der Waals surface area (Å²) in [7, 11) is 0. The Bertz CT molecular complexity index is 1180. The molecule has 1 fully saturated rings. The molecule has 0 spiro atoms. The van der Waals surface area contributed by atoms with Gasteiger partial charge in [0.25, 0.3) is 0 Å². The largest absolute Gasteiger partial charge is 0.507 e. The van der Waals surface area contributed by atoms with Gasteiger partial charge >= 0.3 is 0 Å². The van der Waals surface area contributed by atoms with Gasteiger partial charge in [-0.3, -0.25) is 0 Å². The molecule has 0 bridgehead atoms. The normalized spacial score (nSPS) is 19.1. The molecule has 7 heteroatoms. The van der Waals surface area contributed by atoms with Crippen LogP contribution in [0.25, 0.3) is 27.9 Å². The number of hydrogen-bond donors (Lipinski definition) is 1. The van der Waals surface area contributed by atoms with Gasteiger partial charge in [-0.05, 0) is 55.2 Å². The Morgan fingerprint density at radius 3 is 2.70 bits per heavy atom. The van der Waals surface area contributed by atoms with Crippen LogP contribution in [0.5, 0.6) is 11.6 Å². The van der Waals surface area contributed by atoms with Gasteiger partial charge in [0, 0.05) is 23.4 Å². The number of rotatable bonds is 4. The van der Waals surface area contributed by atoms with Crippen molar-refractivity contribution in [1.82, 2.24) is 19.8 Å². The zero-order chi connectivity index (χ0) is 20.5. The van der Waals surface area contributed by atoms with Gasteiger partial charge in [0.15, 0.2) is 0 Å². The summed E-state index contributed by atoms with van der Waals surface area (Å²) in [5.74, 6) is 0.401. The second-order valence-electron chi connectivity index (χ2n) is 7.53. The number of aromatic nitrogens is 4. The fourth-order valence-electron chi connectivity index (χ4n) is 3.94. The third-order valence-electron chi connectivity index (χ3n) is 5.55. The van der Waals surface area contributed by atoms with E-state index in [9.17, 15) is 9.50 Å². The highest BCUT2D eigenvalue weighted by Crippen LogP contribution is 2.34. The van der Waals surface area contributed by atoms with E-state index in [0.29, 0.717) is 30.0 Å². The van der Waals surface area contributed by atoms with Crippen LogP contribution in [0.1, 0.15) is 25.7 Å². The standard InChI is InChI=1S/C23H21FN4O2/c24-18-5-1-2-7-22(18)30-23-11-10-19(26-27-23)16-9-8-15(13-21(16)29)17-14-25-28-12-4-3-6-20(17)28/h3-4,6,8-14,18,22,29H,1-2,5,7H2/t18-,22+/m0/s1. The minimum atomic E-state index is -0.961. The molecule has 1 aliphatic carbocycles. The summed E-state index contributed by atoms with van der Waals surface area (Å²) in [6, 6.07) is 14.7.